The first-order valence-corrected chi connectivity index (χ1v) is 8.91. The van der Waals surface area contributed by atoms with Crippen molar-refractivity contribution in [1.29, 1.82) is 0 Å². The summed E-state index contributed by atoms with van der Waals surface area (Å²) in [5.74, 6) is -1.80. The van der Waals surface area contributed by atoms with Crippen LogP contribution in [0.25, 0.3) is 0 Å². The molecule has 0 unspecified atom stereocenters. The van der Waals surface area contributed by atoms with Crippen molar-refractivity contribution in [2.75, 3.05) is 6.54 Å². The predicted molar refractivity (Wildman–Crippen MR) is 99.5 cm³/mol. The van der Waals surface area contributed by atoms with Crippen molar-refractivity contribution in [1.82, 2.24) is 10.2 Å². The molecule has 1 aliphatic rings. The first kappa shape index (κ1) is 18.6. The number of hydrogen-bond acceptors (Lipinski definition) is 3. The quantitative estimate of drug-likeness (QED) is 0.788. The van der Waals surface area contributed by atoms with Gasteiger partial charge in [0.2, 0.25) is 11.8 Å². The molecule has 1 fully saturated rings. The Morgan fingerprint density at radius 2 is 1.70 bits per heavy atom. The van der Waals surface area contributed by atoms with E-state index in [1.54, 1.807) is 29.2 Å². The van der Waals surface area contributed by atoms with Gasteiger partial charge in [-0.15, -0.1) is 0 Å². The number of likely N-dealkylation sites (tertiary alicyclic amines) is 1. The summed E-state index contributed by atoms with van der Waals surface area (Å²) in [7, 11) is 0. The molecule has 0 aromatic heterocycles. The first-order chi connectivity index (χ1) is 13.0. The molecule has 0 saturated carbocycles. The molecule has 1 aliphatic heterocycles. The Bertz CT molecular complexity index is 807. The topological polar surface area (TPSA) is 86.7 Å². The van der Waals surface area contributed by atoms with Crippen molar-refractivity contribution in [2.24, 2.45) is 5.92 Å². The van der Waals surface area contributed by atoms with Crippen molar-refractivity contribution in [3.05, 3.63) is 71.8 Å². The van der Waals surface area contributed by atoms with Gasteiger partial charge >= 0.3 is 5.97 Å². The Balaban J connectivity index is 1.64. The summed E-state index contributed by atoms with van der Waals surface area (Å²) >= 11 is 0. The normalized spacial score (nSPS) is 17.6. The average molecular weight is 366 g/mol. The summed E-state index contributed by atoms with van der Waals surface area (Å²) in [5, 5.41) is 12.0. The van der Waals surface area contributed by atoms with Crippen LogP contribution in [0.15, 0.2) is 60.7 Å². The summed E-state index contributed by atoms with van der Waals surface area (Å²) in [6.45, 7) is 0.814. The fourth-order valence-corrected chi connectivity index (χ4v) is 3.31. The van der Waals surface area contributed by atoms with E-state index in [0.717, 1.165) is 11.1 Å². The number of carbonyl (C=O) groups is 3. The minimum atomic E-state index is -0.989. The fourth-order valence-electron chi connectivity index (χ4n) is 3.31. The molecule has 3 rings (SSSR count). The number of aliphatic carboxylic acids is 1. The van der Waals surface area contributed by atoms with Gasteiger partial charge in [-0.3, -0.25) is 14.4 Å². The number of amides is 2. The smallest absolute Gasteiger partial charge is 0.305 e. The maximum absolute atomic E-state index is 12.7. The molecule has 0 bridgehead atoms. The van der Waals surface area contributed by atoms with E-state index < -0.39 is 17.9 Å². The lowest BCUT2D eigenvalue weighted by molar-refractivity contribution is -0.138. The van der Waals surface area contributed by atoms with Crippen LogP contribution in [0.1, 0.15) is 30.0 Å². The third-order valence-corrected chi connectivity index (χ3v) is 4.70. The highest BCUT2D eigenvalue weighted by Gasteiger charge is 2.35. The number of hydrogen-bond donors (Lipinski definition) is 2. The molecule has 1 saturated heterocycles. The molecule has 1 heterocycles. The summed E-state index contributed by atoms with van der Waals surface area (Å²) in [6.07, 6.45) is -0.0581. The van der Waals surface area contributed by atoms with Crippen LogP contribution in [-0.4, -0.2) is 34.3 Å². The largest absolute Gasteiger partial charge is 0.481 e. The number of carboxylic acid groups (broad SMARTS) is 1. The highest BCUT2D eigenvalue weighted by atomic mass is 16.4. The maximum atomic E-state index is 12.7. The molecular formula is C21H22N2O4. The van der Waals surface area contributed by atoms with Crippen molar-refractivity contribution in [3.8, 4) is 0 Å². The number of benzene rings is 2. The second-order valence-electron chi connectivity index (χ2n) is 6.73. The van der Waals surface area contributed by atoms with Crippen LogP contribution < -0.4 is 5.32 Å². The molecule has 6 heteroatoms. The van der Waals surface area contributed by atoms with Gasteiger partial charge in [0.1, 0.15) is 0 Å². The van der Waals surface area contributed by atoms with Gasteiger partial charge in [-0.2, -0.15) is 0 Å². The molecule has 2 amide bonds. The summed E-state index contributed by atoms with van der Waals surface area (Å²) in [5.41, 5.74) is 1.75. The third-order valence-electron chi connectivity index (χ3n) is 4.70. The standard InChI is InChI=1S/C21H22N2O4/c24-19-11-17(14-23(19)13-15-7-3-1-4-8-15)21(27)22-18(12-20(25)26)16-9-5-2-6-10-16/h1-10,17-18H,11-14H2,(H,22,27)(H,25,26)/t17-,18-/m1/s1. The molecule has 6 nitrogen and oxygen atoms in total. The van der Waals surface area contributed by atoms with Gasteiger partial charge < -0.3 is 15.3 Å². The molecule has 0 spiro atoms. The SMILES string of the molecule is O=C(O)C[C@@H](NC(=O)[C@@H]1CC(=O)N(Cc2ccccc2)C1)c1ccccc1. The van der Waals surface area contributed by atoms with Crippen LogP contribution in [0.3, 0.4) is 0 Å². The Morgan fingerprint density at radius 1 is 1.07 bits per heavy atom. The second-order valence-corrected chi connectivity index (χ2v) is 6.73. The van der Waals surface area contributed by atoms with E-state index in [2.05, 4.69) is 5.32 Å². The minimum Gasteiger partial charge on any atom is -0.481 e. The molecule has 27 heavy (non-hydrogen) atoms. The first-order valence-electron chi connectivity index (χ1n) is 8.91. The van der Waals surface area contributed by atoms with Crippen molar-refractivity contribution in [2.45, 2.75) is 25.4 Å². The van der Waals surface area contributed by atoms with Gasteiger partial charge in [-0.25, -0.2) is 0 Å². The lowest BCUT2D eigenvalue weighted by Crippen LogP contribution is -2.36. The predicted octanol–water partition coefficient (Wildman–Crippen LogP) is 2.37. The zero-order valence-corrected chi connectivity index (χ0v) is 14.9. The minimum absolute atomic E-state index is 0.0616. The van der Waals surface area contributed by atoms with Crippen molar-refractivity contribution >= 4 is 17.8 Å². The van der Waals surface area contributed by atoms with Gasteiger partial charge in [0.05, 0.1) is 18.4 Å². The van der Waals surface area contributed by atoms with E-state index in [0.29, 0.717) is 13.1 Å². The van der Waals surface area contributed by atoms with Crippen LogP contribution in [0.5, 0.6) is 0 Å². The Kier molecular flexibility index (Phi) is 5.86. The van der Waals surface area contributed by atoms with Gasteiger partial charge in [-0.1, -0.05) is 60.7 Å². The molecule has 2 N–H and O–H groups in total. The number of nitrogens with zero attached hydrogens (tertiary/aromatic N) is 1. The zero-order chi connectivity index (χ0) is 19.2. The number of nitrogens with one attached hydrogen (secondary N) is 1. The van der Waals surface area contributed by atoms with E-state index in [9.17, 15) is 14.4 Å². The highest BCUT2D eigenvalue weighted by Crippen LogP contribution is 2.23. The van der Waals surface area contributed by atoms with Crippen LogP contribution in [0, 0.1) is 5.92 Å². The van der Waals surface area contributed by atoms with Gasteiger partial charge in [0, 0.05) is 19.5 Å². The van der Waals surface area contributed by atoms with Crippen LogP contribution in [0.2, 0.25) is 0 Å². The lowest BCUT2D eigenvalue weighted by atomic mass is 10.0. The monoisotopic (exact) mass is 366 g/mol. The molecule has 0 aliphatic carbocycles. The molecule has 2 aromatic rings. The number of rotatable bonds is 7. The molecule has 2 aromatic carbocycles. The number of carboxylic acids is 1. The van der Waals surface area contributed by atoms with Gasteiger partial charge in [0.25, 0.3) is 0 Å². The zero-order valence-electron chi connectivity index (χ0n) is 14.9. The Hall–Kier alpha value is -3.15. The lowest BCUT2D eigenvalue weighted by Gasteiger charge is -2.20. The second kappa shape index (κ2) is 8.49. The van der Waals surface area contributed by atoms with E-state index >= 15 is 0 Å². The van der Waals surface area contributed by atoms with Crippen molar-refractivity contribution in [3.63, 3.8) is 0 Å². The molecule has 140 valence electrons. The van der Waals surface area contributed by atoms with Crippen LogP contribution >= 0.6 is 0 Å². The average Bonchev–Trinajstić information content (AvgIpc) is 3.03. The van der Waals surface area contributed by atoms with Crippen LogP contribution in [0.4, 0.5) is 0 Å². The fraction of sp³-hybridized carbons (Fsp3) is 0.286. The Morgan fingerprint density at radius 3 is 2.33 bits per heavy atom. The maximum Gasteiger partial charge on any atom is 0.305 e. The Labute approximate surface area is 157 Å². The van der Waals surface area contributed by atoms with E-state index in [1.165, 1.54) is 0 Å². The van der Waals surface area contributed by atoms with Gasteiger partial charge in [-0.05, 0) is 11.1 Å². The van der Waals surface area contributed by atoms with Crippen LogP contribution in [-0.2, 0) is 20.9 Å². The summed E-state index contributed by atoms with van der Waals surface area (Å²) < 4.78 is 0. The molecule has 0 radical (unpaired) electrons. The van der Waals surface area contributed by atoms with E-state index in [4.69, 9.17) is 5.11 Å². The number of carbonyl (C=O) groups excluding carboxylic acids is 2. The van der Waals surface area contributed by atoms with E-state index in [-0.39, 0.29) is 24.7 Å². The molecular weight excluding hydrogens is 344 g/mol. The third kappa shape index (κ3) is 4.94. The van der Waals surface area contributed by atoms with Crippen molar-refractivity contribution < 1.29 is 19.5 Å². The van der Waals surface area contributed by atoms with Gasteiger partial charge in [0.15, 0.2) is 0 Å². The highest BCUT2D eigenvalue weighted by molar-refractivity contribution is 5.89. The molecule has 2 atom stereocenters. The summed E-state index contributed by atoms with van der Waals surface area (Å²) in [4.78, 5) is 37.8. The summed E-state index contributed by atoms with van der Waals surface area (Å²) in [6, 6.07) is 18.0. The van der Waals surface area contributed by atoms with E-state index in [1.807, 2.05) is 36.4 Å².